The molecule has 2 rings (SSSR count). The summed E-state index contributed by atoms with van der Waals surface area (Å²) in [6.07, 6.45) is 0. The molecule has 0 saturated carbocycles. The molecule has 0 aliphatic rings. The zero-order valence-corrected chi connectivity index (χ0v) is 10.3. The minimum atomic E-state index is -0.164. The smallest absolute Gasteiger partial charge is 0.251 e. The molecule has 0 spiro atoms. The number of rotatable bonds is 3. The number of hydrogen-bond donors (Lipinski definition) is 2. The Kier molecular flexibility index (Phi) is 3.79. The van der Waals surface area contributed by atoms with Crippen molar-refractivity contribution in [2.75, 3.05) is 5.73 Å². The van der Waals surface area contributed by atoms with Crippen LogP contribution in [0.1, 0.15) is 21.5 Å². The zero-order valence-electron chi connectivity index (χ0n) is 10.3. The second-order valence-electron chi connectivity index (χ2n) is 4.12. The fourth-order valence-electron chi connectivity index (χ4n) is 1.67. The molecule has 4 nitrogen and oxygen atoms in total. The van der Waals surface area contributed by atoms with Crippen molar-refractivity contribution in [1.82, 2.24) is 5.32 Å². The Morgan fingerprint density at radius 1 is 1.21 bits per heavy atom. The van der Waals surface area contributed by atoms with E-state index in [1.807, 2.05) is 6.07 Å². The van der Waals surface area contributed by atoms with E-state index in [4.69, 9.17) is 11.0 Å². The largest absolute Gasteiger partial charge is 0.399 e. The number of benzene rings is 2. The van der Waals surface area contributed by atoms with E-state index in [0.29, 0.717) is 23.4 Å². The number of carbonyl (C=O) groups is 1. The van der Waals surface area contributed by atoms with Crippen molar-refractivity contribution in [1.29, 1.82) is 5.26 Å². The Hall–Kier alpha value is -2.80. The van der Waals surface area contributed by atoms with Crippen molar-refractivity contribution >= 4 is 11.6 Å². The molecule has 2 aromatic rings. The highest BCUT2D eigenvalue weighted by Crippen LogP contribution is 2.07. The van der Waals surface area contributed by atoms with Crippen LogP contribution in [-0.2, 0) is 6.54 Å². The number of nitrogen functional groups attached to an aromatic ring is 1. The van der Waals surface area contributed by atoms with Gasteiger partial charge in [0.1, 0.15) is 0 Å². The molecule has 0 fully saturated rings. The molecular weight excluding hydrogens is 238 g/mol. The van der Waals surface area contributed by atoms with E-state index in [0.717, 1.165) is 5.56 Å². The van der Waals surface area contributed by atoms with E-state index >= 15 is 0 Å². The van der Waals surface area contributed by atoms with Crippen LogP contribution in [0.3, 0.4) is 0 Å². The summed E-state index contributed by atoms with van der Waals surface area (Å²) < 4.78 is 0. The van der Waals surface area contributed by atoms with E-state index < -0.39 is 0 Å². The van der Waals surface area contributed by atoms with Crippen LogP contribution in [0.2, 0.25) is 0 Å². The molecule has 0 saturated heterocycles. The van der Waals surface area contributed by atoms with Crippen molar-refractivity contribution in [3.8, 4) is 6.07 Å². The third-order valence-corrected chi connectivity index (χ3v) is 2.68. The average Bonchev–Trinajstić information content (AvgIpc) is 2.46. The van der Waals surface area contributed by atoms with Gasteiger partial charge in [0.2, 0.25) is 0 Å². The summed E-state index contributed by atoms with van der Waals surface area (Å²) in [5.41, 5.74) is 8.22. The highest BCUT2D eigenvalue weighted by molar-refractivity contribution is 5.94. The molecule has 0 radical (unpaired) electrons. The third-order valence-electron chi connectivity index (χ3n) is 2.68. The first kappa shape index (κ1) is 12.7. The first-order valence-electron chi connectivity index (χ1n) is 5.82. The summed E-state index contributed by atoms with van der Waals surface area (Å²) in [5.74, 6) is -0.164. The normalized spacial score (nSPS) is 9.63. The lowest BCUT2D eigenvalue weighted by molar-refractivity contribution is 0.0951. The summed E-state index contributed by atoms with van der Waals surface area (Å²) in [6, 6.07) is 15.9. The summed E-state index contributed by atoms with van der Waals surface area (Å²) in [5, 5.41) is 11.6. The quantitative estimate of drug-likeness (QED) is 0.819. The van der Waals surface area contributed by atoms with Crippen LogP contribution < -0.4 is 11.1 Å². The van der Waals surface area contributed by atoms with Crippen molar-refractivity contribution in [3.05, 3.63) is 65.2 Å². The molecule has 19 heavy (non-hydrogen) atoms. The molecule has 0 aromatic heterocycles. The molecule has 0 aliphatic carbocycles. The average molecular weight is 251 g/mol. The molecule has 0 aliphatic heterocycles. The van der Waals surface area contributed by atoms with Crippen LogP contribution in [0, 0.1) is 11.3 Å². The maximum atomic E-state index is 11.9. The topological polar surface area (TPSA) is 78.9 Å². The van der Waals surface area contributed by atoms with Gasteiger partial charge >= 0.3 is 0 Å². The van der Waals surface area contributed by atoms with E-state index in [9.17, 15) is 4.79 Å². The summed E-state index contributed by atoms with van der Waals surface area (Å²) in [7, 11) is 0. The Labute approximate surface area is 111 Å². The molecule has 4 heteroatoms. The van der Waals surface area contributed by atoms with Crippen LogP contribution in [0.4, 0.5) is 5.69 Å². The zero-order chi connectivity index (χ0) is 13.7. The summed E-state index contributed by atoms with van der Waals surface area (Å²) in [4.78, 5) is 11.9. The molecule has 2 aromatic carbocycles. The number of nitrogens with two attached hydrogens (primary N) is 1. The summed E-state index contributed by atoms with van der Waals surface area (Å²) in [6.45, 7) is 0.388. The van der Waals surface area contributed by atoms with Crippen molar-refractivity contribution in [2.24, 2.45) is 0 Å². The summed E-state index contributed by atoms with van der Waals surface area (Å²) >= 11 is 0. The Bertz CT molecular complexity index is 627. The van der Waals surface area contributed by atoms with Gasteiger partial charge in [0.05, 0.1) is 11.6 Å². The van der Waals surface area contributed by atoms with Crippen LogP contribution >= 0.6 is 0 Å². The molecule has 0 heterocycles. The minimum absolute atomic E-state index is 0.164. The maximum Gasteiger partial charge on any atom is 0.251 e. The number of carbonyl (C=O) groups excluding carboxylic acids is 1. The second-order valence-corrected chi connectivity index (χ2v) is 4.12. The Morgan fingerprint density at radius 2 is 1.95 bits per heavy atom. The molecule has 3 N–H and O–H groups in total. The highest BCUT2D eigenvalue weighted by Gasteiger charge is 2.04. The SMILES string of the molecule is N#Cc1cccc(CNC(=O)c2ccc(N)cc2)c1. The van der Waals surface area contributed by atoms with Gasteiger partial charge in [-0.3, -0.25) is 4.79 Å². The molecule has 0 bridgehead atoms. The predicted octanol–water partition coefficient (Wildman–Crippen LogP) is 2.07. The second kappa shape index (κ2) is 5.69. The van der Waals surface area contributed by atoms with Crippen LogP contribution in [0.25, 0.3) is 0 Å². The molecule has 0 unspecified atom stereocenters. The van der Waals surface area contributed by atoms with Crippen molar-refractivity contribution in [3.63, 3.8) is 0 Å². The number of anilines is 1. The Balaban J connectivity index is 2.00. The molecular formula is C15H13N3O. The van der Waals surface area contributed by atoms with Gasteiger partial charge in [-0.25, -0.2) is 0 Å². The fraction of sp³-hybridized carbons (Fsp3) is 0.0667. The Morgan fingerprint density at radius 3 is 2.63 bits per heavy atom. The molecule has 1 amide bonds. The highest BCUT2D eigenvalue weighted by atomic mass is 16.1. The third kappa shape index (κ3) is 3.33. The first-order valence-corrected chi connectivity index (χ1v) is 5.82. The van der Waals surface area contributed by atoms with Gasteiger partial charge in [-0.05, 0) is 42.0 Å². The number of nitrogens with zero attached hydrogens (tertiary/aromatic N) is 1. The van der Waals surface area contributed by atoms with E-state index in [-0.39, 0.29) is 5.91 Å². The monoisotopic (exact) mass is 251 g/mol. The standard InChI is InChI=1S/C15H13N3O/c16-9-11-2-1-3-12(8-11)10-18-15(19)13-4-6-14(17)7-5-13/h1-8H,10,17H2,(H,18,19). The minimum Gasteiger partial charge on any atom is -0.399 e. The van der Waals surface area contributed by atoms with Crippen molar-refractivity contribution in [2.45, 2.75) is 6.54 Å². The van der Waals surface area contributed by atoms with Gasteiger partial charge in [-0.15, -0.1) is 0 Å². The predicted molar refractivity (Wildman–Crippen MR) is 73.2 cm³/mol. The van der Waals surface area contributed by atoms with Crippen LogP contribution in [-0.4, -0.2) is 5.91 Å². The van der Waals surface area contributed by atoms with E-state index in [2.05, 4.69) is 11.4 Å². The van der Waals surface area contributed by atoms with Gasteiger partial charge in [-0.1, -0.05) is 12.1 Å². The number of nitrogens with one attached hydrogen (secondary N) is 1. The lowest BCUT2D eigenvalue weighted by Crippen LogP contribution is -2.22. The molecule has 0 atom stereocenters. The van der Waals surface area contributed by atoms with Crippen LogP contribution in [0.15, 0.2) is 48.5 Å². The van der Waals surface area contributed by atoms with Gasteiger partial charge in [-0.2, -0.15) is 5.26 Å². The number of amides is 1. The van der Waals surface area contributed by atoms with Gasteiger partial charge < -0.3 is 11.1 Å². The first-order chi connectivity index (χ1) is 9.19. The van der Waals surface area contributed by atoms with Crippen molar-refractivity contribution < 1.29 is 4.79 Å². The maximum absolute atomic E-state index is 11.9. The molecule has 94 valence electrons. The number of hydrogen-bond acceptors (Lipinski definition) is 3. The van der Waals surface area contributed by atoms with Gasteiger partial charge in [0, 0.05) is 17.8 Å². The fourth-order valence-corrected chi connectivity index (χ4v) is 1.67. The lowest BCUT2D eigenvalue weighted by atomic mass is 10.1. The van der Waals surface area contributed by atoms with E-state index in [1.165, 1.54) is 0 Å². The number of nitriles is 1. The van der Waals surface area contributed by atoms with Gasteiger partial charge in [0.15, 0.2) is 0 Å². The van der Waals surface area contributed by atoms with Crippen LogP contribution in [0.5, 0.6) is 0 Å². The van der Waals surface area contributed by atoms with E-state index in [1.54, 1.807) is 42.5 Å². The van der Waals surface area contributed by atoms with Gasteiger partial charge in [0.25, 0.3) is 5.91 Å². The lowest BCUT2D eigenvalue weighted by Gasteiger charge is -2.06.